The molecule has 1 saturated heterocycles. The summed E-state index contributed by atoms with van der Waals surface area (Å²) in [6.07, 6.45) is 4.11. The molecule has 1 heterocycles. The van der Waals surface area contributed by atoms with E-state index >= 15 is 0 Å². The molecule has 1 aliphatic rings. The molecule has 25 heavy (non-hydrogen) atoms. The zero-order valence-corrected chi connectivity index (χ0v) is 14.7. The molecule has 0 bridgehead atoms. The molecule has 0 radical (unpaired) electrons. The Morgan fingerprint density at radius 1 is 1.16 bits per heavy atom. The number of hydrogen-bond acceptors (Lipinski definition) is 5. The van der Waals surface area contributed by atoms with Gasteiger partial charge >= 0.3 is 0 Å². The second kappa shape index (κ2) is 9.08. The maximum Gasteiger partial charge on any atom is 0.246 e. The minimum absolute atomic E-state index is 0.0567. The van der Waals surface area contributed by atoms with E-state index in [9.17, 15) is 9.59 Å². The topological polar surface area (TPSA) is 85.1 Å². The molecule has 0 atom stereocenters. The fraction of sp³-hybridized carbons (Fsp3) is 0.444. The number of benzene rings is 1. The van der Waals surface area contributed by atoms with Gasteiger partial charge in [-0.05, 0) is 24.6 Å². The fourth-order valence-corrected chi connectivity index (χ4v) is 2.79. The summed E-state index contributed by atoms with van der Waals surface area (Å²) in [5, 5.41) is 0. The largest absolute Gasteiger partial charge is 0.497 e. The normalized spacial score (nSPS) is 15.8. The number of rotatable bonds is 6. The van der Waals surface area contributed by atoms with Gasteiger partial charge in [0, 0.05) is 43.9 Å². The number of primary amides is 1. The van der Waals surface area contributed by atoms with Gasteiger partial charge in [0.15, 0.2) is 0 Å². The fourth-order valence-electron chi connectivity index (χ4n) is 2.79. The lowest BCUT2D eigenvalue weighted by Gasteiger charge is -2.20. The molecular formula is C18H25N3O4. The minimum Gasteiger partial charge on any atom is -0.497 e. The third kappa shape index (κ3) is 5.49. The van der Waals surface area contributed by atoms with E-state index < -0.39 is 0 Å². The molecule has 2 rings (SSSR count). The van der Waals surface area contributed by atoms with Crippen molar-refractivity contribution in [3.63, 3.8) is 0 Å². The van der Waals surface area contributed by atoms with Gasteiger partial charge in [-0.3, -0.25) is 14.5 Å². The average Bonchev–Trinajstić information content (AvgIpc) is 2.84. The van der Waals surface area contributed by atoms with E-state index in [1.54, 1.807) is 37.3 Å². The van der Waals surface area contributed by atoms with Crippen molar-refractivity contribution in [1.82, 2.24) is 9.80 Å². The molecule has 0 aromatic heterocycles. The molecule has 7 heteroatoms. The van der Waals surface area contributed by atoms with Crippen LogP contribution in [0.3, 0.4) is 0 Å². The average molecular weight is 347 g/mol. The Balaban J connectivity index is 1.99. The Kier molecular flexibility index (Phi) is 6.82. The van der Waals surface area contributed by atoms with Crippen LogP contribution in [0.5, 0.6) is 11.5 Å². The molecule has 2 N–H and O–H groups in total. The highest BCUT2D eigenvalue weighted by Crippen LogP contribution is 2.25. The highest BCUT2D eigenvalue weighted by molar-refractivity contribution is 5.92. The third-order valence-corrected chi connectivity index (χ3v) is 4.13. The van der Waals surface area contributed by atoms with E-state index in [1.165, 1.54) is 0 Å². The van der Waals surface area contributed by atoms with Crippen LogP contribution in [0.25, 0.3) is 6.08 Å². The van der Waals surface area contributed by atoms with Gasteiger partial charge in [-0.25, -0.2) is 0 Å². The zero-order valence-electron chi connectivity index (χ0n) is 14.7. The first-order chi connectivity index (χ1) is 12.0. The first kappa shape index (κ1) is 18.8. The quantitative estimate of drug-likeness (QED) is 0.767. The summed E-state index contributed by atoms with van der Waals surface area (Å²) < 4.78 is 10.5. The van der Waals surface area contributed by atoms with E-state index in [4.69, 9.17) is 15.2 Å². The molecule has 0 aliphatic carbocycles. The third-order valence-electron chi connectivity index (χ3n) is 4.13. The van der Waals surface area contributed by atoms with Crippen LogP contribution >= 0.6 is 0 Å². The van der Waals surface area contributed by atoms with Gasteiger partial charge in [0.05, 0.1) is 20.8 Å². The SMILES string of the molecule is COc1ccc(/C=C\C(=O)N2CCCN(CC(N)=O)CC2)c(OC)c1. The first-order valence-electron chi connectivity index (χ1n) is 8.23. The first-order valence-corrected chi connectivity index (χ1v) is 8.23. The standard InChI is InChI=1S/C18H25N3O4/c1-24-15-6-4-14(16(12-15)25-2)5-7-18(23)21-9-3-8-20(10-11-21)13-17(19)22/h4-7,12H,3,8-11,13H2,1-2H3,(H2,19,22)/b7-5-. The van der Waals surface area contributed by atoms with Crippen molar-refractivity contribution < 1.29 is 19.1 Å². The highest BCUT2D eigenvalue weighted by Gasteiger charge is 2.18. The van der Waals surface area contributed by atoms with Crippen LogP contribution in [0, 0.1) is 0 Å². The number of amides is 2. The van der Waals surface area contributed by atoms with Crippen molar-refractivity contribution in [2.45, 2.75) is 6.42 Å². The molecule has 0 spiro atoms. The summed E-state index contributed by atoms with van der Waals surface area (Å²) in [6.45, 7) is 2.90. The molecule has 136 valence electrons. The van der Waals surface area contributed by atoms with Crippen LogP contribution < -0.4 is 15.2 Å². The number of carbonyl (C=O) groups is 2. The van der Waals surface area contributed by atoms with E-state index in [1.807, 2.05) is 17.0 Å². The van der Waals surface area contributed by atoms with Crippen LogP contribution in [0.2, 0.25) is 0 Å². The Bertz CT molecular complexity index is 645. The van der Waals surface area contributed by atoms with Gasteiger partial charge < -0.3 is 20.1 Å². The molecule has 1 aromatic carbocycles. The van der Waals surface area contributed by atoms with Crippen molar-refractivity contribution >= 4 is 17.9 Å². The Labute approximate surface area is 148 Å². The van der Waals surface area contributed by atoms with Crippen molar-refractivity contribution in [3.05, 3.63) is 29.8 Å². The van der Waals surface area contributed by atoms with Crippen LogP contribution in [-0.2, 0) is 9.59 Å². The lowest BCUT2D eigenvalue weighted by molar-refractivity contribution is -0.125. The van der Waals surface area contributed by atoms with Crippen LogP contribution in [0.15, 0.2) is 24.3 Å². The lowest BCUT2D eigenvalue weighted by Crippen LogP contribution is -2.37. The second-order valence-corrected chi connectivity index (χ2v) is 5.86. The van der Waals surface area contributed by atoms with E-state index in [0.29, 0.717) is 31.1 Å². The van der Waals surface area contributed by atoms with Crippen molar-refractivity contribution in [2.24, 2.45) is 5.73 Å². The molecule has 0 unspecified atom stereocenters. The van der Waals surface area contributed by atoms with E-state index in [0.717, 1.165) is 18.5 Å². The van der Waals surface area contributed by atoms with Gasteiger partial charge in [-0.15, -0.1) is 0 Å². The zero-order chi connectivity index (χ0) is 18.2. The van der Waals surface area contributed by atoms with Crippen molar-refractivity contribution in [3.8, 4) is 11.5 Å². The number of methoxy groups -OCH3 is 2. The van der Waals surface area contributed by atoms with Crippen LogP contribution in [0.1, 0.15) is 12.0 Å². The highest BCUT2D eigenvalue weighted by atomic mass is 16.5. The van der Waals surface area contributed by atoms with Gasteiger partial charge in [0.1, 0.15) is 11.5 Å². The maximum absolute atomic E-state index is 12.4. The predicted octanol–water partition coefficient (Wildman–Crippen LogP) is 0.737. The monoisotopic (exact) mass is 347 g/mol. The molecule has 7 nitrogen and oxygen atoms in total. The number of hydrogen-bond donors (Lipinski definition) is 1. The Morgan fingerprint density at radius 2 is 1.96 bits per heavy atom. The summed E-state index contributed by atoms with van der Waals surface area (Å²) in [5.41, 5.74) is 6.04. The molecule has 1 aromatic rings. The number of nitrogens with two attached hydrogens (primary N) is 1. The Morgan fingerprint density at radius 3 is 2.64 bits per heavy atom. The molecule has 2 amide bonds. The summed E-state index contributed by atoms with van der Waals surface area (Å²) in [6, 6.07) is 5.44. The molecular weight excluding hydrogens is 322 g/mol. The van der Waals surface area contributed by atoms with E-state index in [-0.39, 0.29) is 18.4 Å². The van der Waals surface area contributed by atoms with Gasteiger partial charge in [0.25, 0.3) is 0 Å². The van der Waals surface area contributed by atoms with Gasteiger partial charge in [0.2, 0.25) is 11.8 Å². The number of ether oxygens (including phenoxy) is 2. The van der Waals surface area contributed by atoms with Gasteiger partial charge in [-0.1, -0.05) is 0 Å². The lowest BCUT2D eigenvalue weighted by atomic mass is 10.1. The minimum atomic E-state index is -0.341. The molecule has 1 aliphatic heterocycles. The number of nitrogens with zero attached hydrogens (tertiary/aromatic N) is 2. The van der Waals surface area contributed by atoms with E-state index in [2.05, 4.69) is 0 Å². The smallest absolute Gasteiger partial charge is 0.246 e. The predicted molar refractivity (Wildman–Crippen MR) is 95.4 cm³/mol. The van der Waals surface area contributed by atoms with Crippen LogP contribution in [-0.4, -0.2) is 68.6 Å². The maximum atomic E-state index is 12.4. The van der Waals surface area contributed by atoms with Crippen molar-refractivity contribution in [2.75, 3.05) is 46.9 Å². The number of carbonyl (C=O) groups excluding carboxylic acids is 2. The summed E-state index contributed by atoms with van der Waals surface area (Å²) in [4.78, 5) is 27.2. The van der Waals surface area contributed by atoms with Crippen LogP contribution in [0.4, 0.5) is 0 Å². The Hall–Kier alpha value is -2.54. The van der Waals surface area contributed by atoms with Crippen molar-refractivity contribution in [1.29, 1.82) is 0 Å². The molecule has 1 fully saturated rings. The summed E-state index contributed by atoms with van der Waals surface area (Å²) in [7, 11) is 3.17. The summed E-state index contributed by atoms with van der Waals surface area (Å²) in [5.74, 6) is 0.944. The second-order valence-electron chi connectivity index (χ2n) is 5.86. The van der Waals surface area contributed by atoms with Gasteiger partial charge in [-0.2, -0.15) is 0 Å². The molecule has 0 saturated carbocycles. The summed E-state index contributed by atoms with van der Waals surface area (Å²) >= 11 is 0.